The van der Waals surface area contributed by atoms with E-state index in [0.29, 0.717) is 16.8 Å². The van der Waals surface area contributed by atoms with Gasteiger partial charge in [0.05, 0.1) is 5.70 Å². The van der Waals surface area contributed by atoms with Crippen LogP contribution in [0.5, 0.6) is 0 Å². The van der Waals surface area contributed by atoms with Crippen LogP contribution in [0.15, 0.2) is 65.2 Å². The molecule has 1 N–H and O–H groups in total. The van der Waals surface area contributed by atoms with E-state index in [2.05, 4.69) is 5.32 Å². The molecule has 0 saturated carbocycles. The summed E-state index contributed by atoms with van der Waals surface area (Å²) < 4.78 is 0. The zero-order chi connectivity index (χ0) is 14.8. The normalized spacial score (nSPS) is 13.7. The fraction of sp³-hybridized carbons (Fsp3) is 0.0588. The number of hydrogen-bond acceptors (Lipinski definition) is 4. The number of fused-ring (bicyclic) bond motifs is 1. The number of ketones is 2. The summed E-state index contributed by atoms with van der Waals surface area (Å²) >= 11 is 1.65. The summed E-state index contributed by atoms with van der Waals surface area (Å²) in [6.45, 7) is 0. The number of allylic oxidation sites excluding steroid dienone is 2. The molecule has 1 aliphatic carbocycles. The van der Waals surface area contributed by atoms with Gasteiger partial charge in [0, 0.05) is 27.8 Å². The van der Waals surface area contributed by atoms with Gasteiger partial charge in [0.25, 0.3) is 0 Å². The number of carbonyl (C=O) groups is 2. The lowest BCUT2D eigenvalue weighted by atomic mass is 9.92. The monoisotopic (exact) mass is 295 g/mol. The van der Waals surface area contributed by atoms with Crippen LogP contribution in [0.25, 0.3) is 0 Å². The molecule has 0 aromatic heterocycles. The van der Waals surface area contributed by atoms with Crippen molar-refractivity contribution in [2.24, 2.45) is 0 Å². The van der Waals surface area contributed by atoms with Gasteiger partial charge in [-0.1, -0.05) is 24.3 Å². The molecule has 1 aliphatic rings. The van der Waals surface area contributed by atoms with Gasteiger partial charge in [-0.15, -0.1) is 11.8 Å². The molecule has 104 valence electrons. The predicted molar refractivity (Wildman–Crippen MR) is 85.0 cm³/mol. The molecule has 3 rings (SSSR count). The van der Waals surface area contributed by atoms with Gasteiger partial charge in [0.2, 0.25) is 5.78 Å². The number of benzene rings is 2. The molecule has 21 heavy (non-hydrogen) atoms. The van der Waals surface area contributed by atoms with Crippen LogP contribution in [-0.2, 0) is 0 Å². The molecule has 4 heteroatoms. The molecule has 0 heterocycles. The molecule has 0 aliphatic heterocycles. The molecular weight excluding hydrogens is 282 g/mol. The first-order valence-corrected chi connectivity index (χ1v) is 7.72. The number of hydrogen-bond donors (Lipinski definition) is 1. The van der Waals surface area contributed by atoms with Gasteiger partial charge < -0.3 is 5.32 Å². The van der Waals surface area contributed by atoms with Crippen LogP contribution < -0.4 is 5.32 Å². The lowest BCUT2D eigenvalue weighted by Crippen LogP contribution is -2.21. The van der Waals surface area contributed by atoms with Crippen molar-refractivity contribution < 1.29 is 9.59 Å². The highest BCUT2D eigenvalue weighted by atomic mass is 32.2. The van der Waals surface area contributed by atoms with Gasteiger partial charge in [-0.3, -0.25) is 9.59 Å². The van der Waals surface area contributed by atoms with Crippen molar-refractivity contribution in [3.05, 3.63) is 71.4 Å². The standard InChI is InChI=1S/C17H13NO2S/c1-21-12-8-6-11(7-9-12)18-15-10-16(19)13-4-2-3-5-14(13)17(15)20/h2-10,18H,1H3. The van der Waals surface area contributed by atoms with E-state index in [1.165, 1.54) is 6.08 Å². The first-order chi connectivity index (χ1) is 10.2. The third kappa shape index (κ3) is 2.62. The molecule has 2 aromatic rings. The average molecular weight is 295 g/mol. The van der Waals surface area contributed by atoms with Gasteiger partial charge in [0.15, 0.2) is 5.78 Å². The minimum atomic E-state index is -0.154. The Hall–Kier alpha value is -2.33. The molecule has 0 unspecified atom stereocenters. The Kier molecular flexibility index (Phi) is 3.62. The van der Waals surface area contributed by atoms with Crippen LogP contribution in [0, 0.1) is 0 Å². The number of Topliss-reactive ketones (excluding diaryl/α,β-unsaturated/α-hetero) is 1. The van der Waals surface area contributed by atoms with Crippen molar-refractivity contribution in [1.29, 1.82) is 0 Å². The van der Waals surface area contributed by atoms with Crippen LogP contribution in [0.2, 0.25) is 0 Å². The lowest BCUT2D eigenvalue weighted by molar-refractivity contribution is 0.0985. The number of rotatable bonds is 3. The van der Waals surface area contributed by atoms with E-state index >= 15 is 0 Å². The van der Waals surface area contributed by atoms with Crippen molar-refractivity contribution in [2.45, 2.75) is 4.90 Å². The molecular formula is C17H13NO2S. The predicted octanol–water partition coefficient (Wildman–Crippen LogP) is 3.78. The number of anilines is 1. The topological polar surface area (TPSA) is 46.2 Å². The quantitative estimate of drug-likeness (QED) is 0.875. The number of carbonyl (C=O) groups excluding carboxylic acids is 2. The third-order valence-corrected chi connectivity index (χ3v) is 4.07. The van der Waals surface area contributed by atoms with Crippen LogP contribution in [-0.4, -0.2) is 17.8 Å². The van der Waals surface area contributed by atoms with Crippen molar-refractivity contribution >= 4 is 29.0 Å². The Morgan fingerprint density at radius 3 is 2.24 bits per heavy atom. The summed E-state index contributed by atoms with van der Waals surface area (Å²) in [6, 6.07) is 14.6. The van der Waals surface area contributed by atoms with Gasteiger partial charge >= 0.3 is 0 Å². The van der Waals surface area contributed by atoms with Gasteiger partial charge in [-0.2, -0.15) is 0 Å². The second-order valence-electron chi connectivity index (χ2n) is 4.65. The molecule has 2 aromatic carbocycles. The maximum Gasteiger partial charge on any atom is 0.210 e. The van der Waals surface area contributed by atoms with Crippen LogP contribution in [0.3, 0.4) is 0 Å². The fourth-order valence-corrected chi connectivity index (χ4v) is 2.65. The summed E-state index contributed by atoms with van der Waals surface area (Å²) in [4.78, 5) is 25.6. The molecule has 0 atom stereocenters. The Morgan fingerprint density at radius 2 is 1.57 bits per heavy atom. The van der Waals surface area contributed by atoms with Crippen LogP contribution in [0.1, 0.15) is 20.7 Å². The molecule has 0 saturated heterocycles. The molecule has 0 spiro atoms. The second-order valence-corrected chi connectivity index (χ2v) is 5.53. The van der Waals surface area contributed by atoms with Crippen molar-refractivity contribution in [3.63, 3.8) is 0 Å². The van der Waals surface area contributed by atoms with Crippen molar-refractivity contribution in [3.8, 4) is 0 Å². The fourth-order valence-electron chi connectivity index (χ4n) is 2.24. The maximum atomic E-state index is 12.4. The summed E-state index contributed by atoms with van der Waals surface area (Å²) in [5.41, 5.74) is 2.02. The third-order valence-electron chi connectivity index (χ3n) is 3.33. The zero-order valence-electron chi connectivity index (χ0n) is 11.4. The molecule has 0 amide bonds. The number of nitrogens with one attached hydrogen (secondary N) is 1. The summed E-state index contributed by atoms with van der Waals surface area (Å²) in [6.07, 6.45) is 3.37. The molecule has 0 radical (unpaired) electrons. The Morgan fingerprint density at radius 1 is 0.905 bits per heavy atom. The van der Waals surface area contributed by atoms with Crippen LogP contribution >= 0.6 is 11.8 Å². The van der Waals surface area contributed by atoms with Crippen molar-refractivity contribution in [2.75, 3.05) is 11.6 Å². The average Bonchev–Trinajstić information content (AvgIpc) is 2.53. The number of thioether (sulfide) groups is 1. The minimum absolute atomic E-state index is 0.145. The van der Waals surface area contributed by atoms with E-state index in [0.717, 1.165) is 10.6 Å². The molecule has 0 bridgehead atoms. The SMILES string of the molecule is CSc1ccc(NC2=CC(=O)c3ccccc3C2=O)cc1. The lowest BCUT2D eigenvalue weighted by Gasteiger charge is -2.16. The van der Waals surface area contributed by atoms with Gasteiger partial charge in [-0.05, 0) is 30.5 Å². The molecule has 3 nitrogen and oxygen atoms in total. The first kappa shape index (κ1) is 13.6. The Balaban J connectivity index is 1.89. The second kappa shape index (κ2) is 5.58. The minimum Gasteiger partial charge on any atom is -0.352 e. The van der Waals surface area contributed by atoms with Crippen LogP contribution in [0.4, 0.5) is 5.69 Å². The van der Waals surface area contributed by atoms with E-state index in [1.54, 1.807) is 36.0 Å². The summed E-state index contributed by atoms with van der Waals surface area (Å²) in [7, 11) is 0. The van der Waals surface area contributed by atoms with E-state index in [1.807, 2.05) is 30.5 Å². The van der Waals surface area contributed by atoms with E-state index in [-0.39, 0.29) is 11.6 Å². The van der Waals surface area contributed by atoms with Gasteiger partial charge in [-0.25, -0.2) is 0 Å². The van der Waals surface area contributed by atoms with Crippen molar-refractivity contribution in [1.82, 2.24) is 0 Å². The largest absolute Gasteiger partial charge is 0.352 e. The first-order valence-electron chi connectivity index (χ1n) is 6.50. The highest BCUT2D eigenvalue weighted by molar-refractivity contribution is 7.98. The zero-order valence-corrected chi connectivity index (χ0v) is 12.2. The van der Waals surface area contributed by atoms with E-state index in [4.69, 9.17) is 0 Å². The van der Waals surface area contributed by atoms with E-state index < -0.39 is 0 Å². The smallest absolute Gasteiger partial charge is 0.210 e. The van der Waals surface area contributed by atoms with E-state index in [9.17, 15) is 9.59 Å². The Labute approximate surface area is 127 Å². The Bertz CT molecular complexity index is 748. The summed E-state index contributed by atoms with van der Waals surface area (Å²) in [5, 5.41) is 3.03. The highest BCUT2D eigenvalue weighted by Crippen LogP contribution is 2.24. The molecule has 0 fully saturated rings. The maximum absolute atomic E-state index is 12.4. The van der Waals surface area contributed by atoms with Gasteiger partial charge in [0.1, 0.15) is 0 Å². The highest BCUT2D eigenvalue weighted by Gasteiger charge is 2.24. The summed E-state index contributed by atoms with van der Waals surface area (Å²) in [5.74, 6) is -0.299.